The molecule has 0 aliphatic rings. The molecule has 0 saturated heterocycles. The molecule has 0 N–H and O–H groups in total. The molecule has 0 aromatic heterocycles. The van der Waals surface area contributed by atoms with Crippen LogP contribution in [0.5, 0.6) is 5.75 Å². The molecule has 0 spiro atoms. The number of ether oxygens (including phenoxy) is 2. The van der Waals surface area contributed by atoms with E-state index in [4.69, 9.17) is 4.74 Å². The Balaban J connectivity index is 2.74. The van der Waals surface area contributed by atoms with Gasteiger partial charge in [0.2, 0.25) is 0 Å². The Labute approximate surface area is 113 Å². The van der Waals surface area contributed by atoms with Crippen molar-refractivity contribution < 1.29 is 19.1 Å². The van der Waals surface area contributed by atoms with Gasteiger partial charge in [0.25, 0.3) is 0 Å². The number of ketones is 1. The van der Waals surface area contributed by atoms with E-state index in [2.05, 4.69) is 4.74 Å². The highest BCUT2D eigenvalue weighted by Gasteiger charge is 2.18. The zero-order chi connectivity index (χ0) is 14.4. The van der Waals surface area contributed by atoms with Gasteiger partial charge in [-0.1, -0.05) is 19.1 Å². The van der Waals surface area contributed by atoms with E-state index in [9.17, 15) is 9.59 Å². The molecule has 0 fully saturated rings. The number of carbonyl (C=O) groups is 2. The smallest absolute Gasteiger partial charge is 0.308 e. The van der Waals surface area contributed by atoms with Crippen molar-refractivity contribution in [3.8, 4) is 5.75 Å². The van der Waals surface area contributed by atoms with Gasteiger partial charge in [-0.25, -0.2) is 0 Å². The number of carbonyl (C=O) groups excluding carboxylic acids is 2. The van der Waals surface area contributed by atoms with Gasteiger partial charge in [-0.05, 0) is 26.0 Å². The lowest BCUT2D eigenvalue weighted by Gasteiger charge is -2.11. The van der Waals surface area contributed by atoms with Crippen molar-refractivity contribution in [2.24, 2.45) is 5.92 Å². The molecule has 0 heterocycles. The summed E-state index contributed by atoms with van der Waals surface area (Å²) < 4.78 is 10.1. The average Bonchev–Trinajstić information content (AvgIpc) is 2.37. The molecule has 4 heteroatoms. The van der Waals surface area contributed by atoms with Crippen molar-refractivity contribution >= 4 is 11.8 Å². The highest BCUT2D eigenvalue weighted by atomic mass is 16.5. The van der Waals surface area contributed by atoms with Crippen molar-refractivity contribution in [1.82, 2.24) is 0 Å². The topological polar surface area (TPSA) is 52.6 Å². The van der Waals surface area contributed by atoms with Crippen LogP contribution in [0.1, 0.15) is 37.6 Å². The summed E-state index contributed by atoms with van der Waals surface area (Å²) in [7, 11) is 1.32. The molecule has 1 aromatic rings. The van der Waals surface area contributed by atoms with E-state index in [0.29, 0.717) is 11.3 Å². The third-order valence-corrected chi connectivity index (χ3v) is 2.62. The fourth-order valence-corrected chi connectivity index (χ4v) is 1.70. The zero-order valence-corrected chi connectivity index (χ0v) is 11.8. The summed E-state index contributed by atoms with van der Waals surface area (Å²) in [5.74, 6) is -0.242. The van der Waals surface area contributed by atoms with E-state index >= 15 is 0 Å². The Kier molecular flexibility index (Phi) is 5.55. The second-order valence-electron chi connectivity index (χ2n) is 4.75. The van der Waals surface area contributed by atoms with E-state index in [0.717, 1.165) is 0 Å². The molecule has 1 unspecified atom stereocenters. The van der Waals surface area contributed by atoms with Gasteiger partial charge in [0, 0.05) is 12.0 Å². The molecule has 0 radical (unpaired) electrons. The van der Waals surface area contributed by atoms with E-state index in [-0.39, 0.29) is 24.3 Å². The average molecular weight is 264 g/mol. The first-order valence-corrected chi connectivity index (χ1v) is 6.31. The number of hydrogen-bond acceptors (Lipinski definition) is 4. The first kappa shape index (κ1) is 15.2. The lowest BCUT2D eigenvalue weighted by Crippen LogP contribution is -2.17. The molecule has 0 saturated carbocycles. The van der Waals surface area contributed by atoms with Gasteiger partial charge in [0.1, 0.15) is 5.75 Å². The summed E-state index contributed by atoms with van der Waals surface area (Å²) in [5.41, 5.74) is 0.550. The maximum absolute atomic E-state index is 12.1. The molecule has 0 aliphatic heterocycles. The van der Waals surface area contributed by atoms with Crippen LogP contribution in [-0.2, 0) is 9.53 Å². The molecule has 0 bridgehead atoms. The molecule has 1 atom stereocenters. The number of methoxy groups -OCH3 is 1. The first-order valence-electron chi connectivity index (χ1n) is 6.31. The molecule has 104 valence electrons. The predicted molar refractivity (Wildman–Crippen MR) is 72.3 cm³/mol. The Morgan fingerprint density at radius 2 is 1.89 bits per heavy atom. The Bertz CT molecular complexity index is 451. The summed E-state index contributed by atoms with van der Waals surface area (Å²) in [5, 5.41) is 0. The number of esters is 1. The van der Waals surface area contributed by atoms with E-state index in [1.165, 1.54) is 7.11 Å². The van der Waals surface area contributed by atoms with Gasteiger partial charge in [0.05, 0.1) is 19.1 Å². The molecule has 1 aromatic carbocycles. The molecule has 1 rings (SSSR count). The Morgan fingerprint density at radius 1 is 1.21 bits per heavy atom. The molecule has 19 heavy (non-hydrogen) atoms. The van der Waals surface area contributed by atoms with Gasteiger partial charge in [-0.2, -0.15) is 0 Å². The quantitative estimate of drug-likeness (QED) is 0.585. The van der Waals surface area contributed by atoms with E-state index < -0.39 is 5.92 Å². The zero-order valence-electron chi connectivity index (χ0n) is 11.8. The van der Waals surface area contributed by atoms with Gasteiger partial charge in [-0.3, -0.25) is 9.59 Å². The van der Waals surface area contributed by atoms with Crippen LogP contribution in [0.2, 0.25) is 0 Å². The van der Waals surface area contributed by atoms with Crippen LogP contribution in [0, 0.1) is 5.92 Å². The minimum absolute atomic E-state index is 0.0549. The maximum atomic E-state index is 12.1. The number of rotatable bonds is 6. The SMILES string of the molecule is COC(=O)C(C)CC(=O)c1cccc(OC(C)C)c1. The minimum atomic E-state index is -0.438. The second-order valence-corrected chi connectivity index (χ2v) is 4.75. The third-order valence-electron chi connectivity index (χ3n) is 2.62. The van der Waals surface area contributed by atoms with Crippen LogP contribution in [0.3, 0.4) is 0 Å². The minimum Gasteiger partial charge on any atom is -0.491 e. The maximum Gasteiger partial charge on any atom is 0.308 e. The van der Waals surface area contributed by atoms with E-state index in [1.807, 2.05) is 13.8 Å². The first-order chi connectivity index (χ1) is 8.93. The number of hydrogen-bond donors (Lipinski definition) is 0. The number of benzene rings is 1. The Hall–Kier alpha value is -1.84. The van der Waals surface area contributed by atoms with Crippen LogP contribution in [0.15, 0.2) is 24.3 Å². The third kappa shape index (κ3) is 4.73. The summed E-state index contributed by atoms with van der Waals surface area (Å²) in [6.07, 6.45) is 0.192. The van der Waals surface area contributed by atoms with Crippen LogP contribution >= 0.6 is 0 Å². The van der Waals surface area contributed by atoms with Crippen molar-refractivity contribution in [2.45, 2.75) is 33.3 Å². The molecule has 0 amide bonds. The fraction of sp³-hybridized carbons (Fsp3) is 0.467. The lowest BCUT2D eigenvalue weighted by atomic mass is 10.00. The van der Waals surface area contributed by atoms with Crippen LogP contribution < -0.4 is 4.74 Å². The summed E-state index contributed by atoms with van der Waals surface area (Å²) in [6.45, 7) is 5.53. The van der Waals surface area contributed by atoms with Crippen molar-refractivity contribution in [3.63, 3.8) is 0 Å². The molecular formula is C15H20O4. The highest BCUT2D eigenvalue weighted by molar-refractivity contribution is 5.98. The summed E-state index contributed by atoms with van der Waals surface area (Å²) in [4.78, 5) is 23.3. The molecule has 4 nitrogen and oxygen atoms in total. The standard InChI is InChI=1S/C15H20O4/c1-10(2)19-13-7-5-6-12(9-13)14(16)8-11(3)15(17)18-4/h5-7,9-11H,8H2,1-4H3. The lowest BCUT2D eigenvalue weighted by molar-refractivity contribution is -0.144. The highest BCUT2D eigenvalue weighted by Crippen LogP contribution is 2.18. The number of Topliss-reactive ketones (excluding diaryl/α,β-unsaturated/α-hetero) is 1. The van der Waals surface area contributed by atoms with Gasteiger partial charge in [-0.15, -0.1) is 0 Å². The second kappa shape index (κ2) is 6.92. The summed E-state index contributed by atoms with van der Waals surface area (Å²) >= 11 is 0. The predicted octanol–water partition coefficient (Wildman–Crippen LogP) is 2.86. The van der Waals surface area contributed by atoms with E-state index in [1.54, 1.807) is 31.2 Å². The van der Waals surface area contributed by atoms with Crippen molar-refractivity contribution in [2.75, 3.05) is 7.11 Å². The van der Waals surface area contributed by atoms with Crippen LogP contribution in [0.4, 0.5) is 0 Å². The summed E-state index contributed by atoms with van der Waals surface area (Å²) in [6, 6.07) is 7.00. The molecular weight excluding hydrogens is 244 g/mol. The molecule has 0 aliphatic carbocycles. The van der Waals surface area contributed by atoms with Gasteiger partial charge < -0.3 is 9.47 Å². The normalized spacial score (nSPS) is 12.1. The van der Waals surface area contributed by atoms with Gasteiger partial charge >= 0.3 is 5.97 Å². The Morgan fingerprint density at radius 3 is 2.47 bits per heavy atom. The monoisotopic (exact) mass is 264 g/mol. The van der Waals surface area contributed by atoms with Crippen molar-refractivity contribution in [3.05, 3.63) is 29.8 Å². The fourth-order valence-electron chi connectivity index (χ4n) is 1.70. The van der Waals surface area contributed by atoms with Crippen molar-refractivity contribution in [1.29, 1.82) is 0 Å². The largest absolute Gasteiger partial charge is 0.491 e. The van der Waals surface area contributed by atoms with Crippen LogP contribution in [0.25, 0.3) is 0 Å². The van der Waals surface area contributed by atoms with Crippen LogP contribution in [-0.4, -0.2) is 25.0 Å². The van der Waals surface area contributed by atoms with Gasteiger partial charge in [0.15, 0.2) is 5.78 Å².